The molecule has 0 aliphatic carbocycles. The van der Waals surface area contributed by atoms with Gasteiger partial charge in [0.05, 0.1) is 18.6 Å². The lowest BCUT2D eigenvalue weighted by molar-refractivity contribution is -0.388. The van der Waals surface area contributed by atoms with Crippen LogP contribution in [0, 0.1) is 15.9 Å². The van der Waals surface area contributed by atoms with E-state index in [0.717, 1.165) is 6.07 Å². The summed E-state index contributed by atoms with van der Waals surface area (Å²) in [6, 6.07) is 3.81. The Labute approximate surface area is 96.5 Å². The number of halogens is 1. The van der Waals surface area contributed by atoms with Crippen molar-refractivity contribution in [1.82, 2.24) is 5.32 Å². The third-order valence-electron chi connectivity index (χ3n) is 2.07. The average Bonchev–Trinajstić information content (AvgIpc) is 2.28. The number of methoxy groups -OCH3 is 1. The van der Waals surface area contributed by atoms with Crippen LogP contribution in [0.4, 0.5) is 10.1 Å². The van der Waals surface area contributed by atoms with E-state index >= 15 is 0 Å². The monoisotopic (exact) mass is 242 g/mol. The van der Waals surface area contributed by atoms with E-state index < -0.39 is 22.4 Å². The lowest BCUT2D eigenvalue weighted by Crippen LogP contribution is -2.23. The molecule has 0 spiro atoms. The first kappa shape index (κ1) is 13.0. The van der Waals surface area contributed by atoms with E-state index in [0.29, 0.717) is 0 Å². The second-order valence-electron chi connectivity index (χ2n) is 3.18. The van der Waals surface area contributed by atoms with Crippen LogP contribution in [-0.4, -0.2) is 24.5 Å². The number of nitrogens with zero attached hydrogens (tertiary/aromatic N) is 1. The Morgan fingerprint density at radius 1 is 1.59 bits per heavy atom. The largest absolute Gasteiger partial charge is 0.468 e. The third-order valence-corrected chi connectivity index (χ3v) is 2.07. The van der Waals surface area contributed by atoms with Gasteiger partial charge in [0, 0.05) is 12.1 Å². The highest BCUT2D eigenvalue weighted by molar-refractivity contribution is 5.71. The highest BCUT2D eigenvalue weighted by Gasteiger charge is 2.19. The molecule has 0 saturated carbocycles. The fraction of sp³-hybridized carbons (Fsp3) is 0.300. The van der Waals surface area contributed by atoms with Crippen molar-refractivity contribution in [3.63, 3.8) is 0 Å². The number of nitro groups is 1. The van der Waals surface area contributed by atoms with Crippen molar-refractivity contribution < 1.29 is 18.8 Å². The van der Waals surface area contributed by atoms with Crippen LogP contribution < -0.4 is 5.32 Å². The summed E-state index contributed by atoms with van der Waals surface area (Å²) >= 11 is 0. The summed E-state index contributed by atoms with van der Waals surface area (Å²) in [6.07, 6.45) is 0. The number of nitrogens with one attached hydrogen (secondary N) is 1. The van der Waals surface area contributed by atoms with Crippen LogP contribution >= 0.6 is 0 Å². The highest BCUT2D eigenvalue weighted by Crippen LogP contribution is 2.21. The van der Waals surface area contributed by atoms with Gasteiger partial charge < -0.3 is 10.1 Å². The number of para-hydroxylation sites is 1. The first-order valence-electron chi connectivity index (χ1n) is 4.75. The quantitative estimate of drug-likeness (QED) is 0.473. The second-order valence-corrected chi connectivity index (χ2v) is 3.18. The number of carbonyl (C=O) groups is 1. The van der Waals surface area contributed by atoms with Gasteiger partial charge in [0.1, 0.15) is 0 Å². The summed E-state index contributed by atoms with van der Waals surface area (Å²) in [5, 5.41) is 13.3. The van der Waals surface area contributed by atoms with E-state index in [1.807, 2.05) is 0 Å². The summed E-state index contributed by atoms with van der Waals surface area (Å²) in [7, 11) is 1.23. The number of hydrogen-bond donors (Lipinski definition) is 1. The van der Waals surface area contributed by atoms with Crippen molar-refractivity contribution >= 4 is 11.7 Å². The maximum atomic E-state index is 13.2. The zero-order valence-electron chi connectivity index (χ0n) is 9.10. The van der Waals surface area contributed by atoms with E-state index in [-0.39, 0.29) is 18.7 Å². The summed E-state index contributed by atoms with van der Waals surface area (Å²) in [6.45, 7) is -0.0761. The minimum atomic E-state index is -0.896. The SMILES string of the molecule is COC(=O)CNCc1cccc(F)c1[N+](=O)[O-]. The molecule has 1 rings (SSSR count). The van der Waals surface area contributed by atoms with E-state index in [4.69, 9.17) is 0 Å². The van der Waals surface area contributed by atoms with Crippen molar-refractivity contribution in [1.29, 1.82) is 0 Å². The molecule has 0 unspecified atom stereocenters. The van der Waals surface area contributed by atoms with Gasteiger partial charge in [0.2, 0.25) is 5.82 Å². The molecule has 0 heterocycles. The highest BCUT2D eigenvalue weighted by atomic mass is 19.1. The number of esters is 1. The van der Waals surface area contributed by atoms with E-state index in [1.54, 1.807) is 0 Å². The molecule has 0 aliphatic rings. The number of ether oxygens (including phenoxy) is 1. The third kappa shape index (κ3) is 3.49. The Hall–Kier alpha value is -2.02. The molecule has 0 saturated heterocycles. The Morgan fingerprint density at radius 3 is 2.88 bits per heavy atom. The molecule has 0 atom stereocenters. The first-order valence-corrected chi connectivity index (χ1v) is 4.75. The van der Waals surface area contributed by atoms with Crippen LogP contribution in [0.25, 0.3) is 0 Å². The molecular formula is C10H11FN2O4. The summed E-state index contributed by atoms with van der Waals surface area (Å²) in [5.74, 6) is -1.39. The van der Waals surface area contributed by atoms with Crippen LogP contribution in [0.15, 0.2) is 18.2 Å². The standard InChI is InChI=1S/C10H11FN2O4/c1-17-9(14)6-12-5-7-3-2-4-8(11)10(7)13(15)16/h2-4,12H,5-6H2,1H3. The molecule has 1 aromatic carbocycles. The number of nitro benzene ring substituents is 1. The van der Waals surface area contributed by atoms with Crippen molar-refractivity contribution in [2.75, 3.05) is 13.7 Å². The first-order chi connectivity index (χ1) is 8.06. The Bertz CT molecular complexity index is 436. The molecule has 0 fully saturated rings. The fourth-order valence-electron chi connectivity index (χ4n) is 1.28. The maximum Gasteiger partial charge on any atom is 0.319 e. The minimum absolute atomic E-state index is 0.0170. The molecule has 0 aromatic heterocycles. The van der Waals surface area contributed by atoms with Gasteiger partial charge in [0.25, 0.3) is 0 Å². The van der Waals surface area contributed by atoms with Gasteiger partial charge in [-0.25, -0.2) is 0 Å². The fourth-order valence-corrected chi connectivity index (χ4v) is 1.28. The van der Waals surface area contributed by atoms with Crippen molar-refractivity contribution in [3.8, 4) is 0 Å². The Morgan fingerprint density at radius 2 is 2.29 bits per heavy atom. The number of benzene rings is 1. The predicted molar refractivity (Wildman–Crippen MR) is 56.8 cm³/mol. The summed E-state index contributed by atoms with van der Waals surface area (Å²) < 4.78 is 17.6. The van der Waals surface area contributed by atoms with Crippen LogP contribution in [0.3, 0.4) is 0 Å². The van der Waals surface area contributed by atoms with Crippen molar-refractivity contribution in [2.45, 2.75) is 6.54 Å². The van der Waals surface area contributed by atoms with Crippen molar-refractivity contribution in [3.05, 3.63) is 39.7 Å². The van der Waals surface area contributed by atoms with Gasteiger partial charge in [-0.1, -0.05) is 12.1 Å². The normalized spacial score (nSPS) is 10.0. The topological polar surface area (TPSA) is 81.5 Å². The van der Waals surface area contributed by atoms with Gasteiger partial charge in [-0.2, -0.15) is 4.39 Å². The molecular weight excluding hydrogens is 231 g/mol. The molecule has 0 radical (unpaired) electrons. The van der Waals surface area contributed by atoms with Gasteiger partial charge in [-0.3, -0.25) is 14.9 Å². The lowest BCUT2D eigenvalue weighted by Gasteiger charge is -2.05. The molecule has 6 nitrogen and oxygen atoms in total. The molecule has 92 valence electrons. The zero-order valence-corrected chi connectivity index (χ0v) is 9.10. The number of rotatable bonds is 5. The number of hydrogen-bond acceptors (Lipinski definition) is 5. The minimum Gasteiger partial charge on any atom is -0.468 e. The smallest absolute Gasteiger partial charge is 0.319 e. The molecule has 1 aromatic rings. The summed E-state index contributed by atoms with van der Waals surface area (Å²) in [5.41, 5.74) is -0.399. The second kappa shape index (κ2) is 5.90. The molecule has 1 N–H and O–H groups in total. The van der Waals surface area contributed by atoms with E-state index in [1.165, 1.54) is 19.2 Å². The van der Waals surface area contributed by atoms with Crippen LogP contribution in [0.2, 0.25) is 0 Å². The van der Waals surface area contributed by atoms with E-state index in [9.17, 15) is 19.3 Å². The Kier molecular flexibility index (Phi) is 4.53. The molecule has 17 heavy (non-hydrogen) atoms. The predicted octanol–water partition coefficient (Wildman–Crippen LogP) is 0.996. The van der Waals surface area contributed by atoms with Crippen LogP contribution in [0.5, 0.6) is 0 Å². The lowest BCUT2D eigenvalue weighted by atomic mass is 10.1. The Balaban J connectivity index is 2.74. The van der Waals surface area contributed by atoms with Crippen LogP contribution in [0.1, 0.15) is 5.56 Å². The average molecular weight is 242 g/mol. The maximum absolute atomic E-state index is 13.2. The molecule has 0 aliphatic heterocycles. The molecule has 0 amide bonds. The zero-order chi connectivity index (χ0) is 12.8. The van der Waals surface area contributed by atoms with Gasteiger partial charge >= 0.3 is 11.7 Å². The number of carbonyl (C=O) groups excluding carboxylic acids is 1. The summed E-state index contributed by atoms with van der Waals surface area (Å²) in [4.78, 5) is 20.6. The van der Waals surface area contributed by atoms with Crippen molar-refractivity contribution in [2.24, 2.45) is 0 Å². The molecule has 0 bridgehead atoms. The van der Waals surface area contributed by atoms with Gasteiger partial charge in [-0.05, 0) is 6.07 Å². The van der Waals surface area contributed by atoms with Crippen LogP contribution in [-0.2, 0) is 16.1 Å². The van der Waals surface area contributed by atoms with Gasteiger partial charge in [0.15, 0.2) is 0 Å². The molecule has 7 heteroatoms. The van der Waals surface area contributed by atoms with Gasteiger partial charge in [-0.15, -0.1) is 0 Å². The van der Waals surface area contributed by atoms with E-state index in [2.05, 4.69) is 10.1 Å².